The van der Waals surface area contributed by atoms with Gasteiger partial charge in [0.1, 0.15) is 0 Å². The number of halogens is 3. The number of carboxylic acid groups (broad SMARTS) is 2. The zero-order valence-corrected chi connectivity index (χ0v) is 17.2. The molecule has 0 aromatic heterocycles. The van der Waals surface area contributed by atoms with E-state index in [4.69, 9.17) is 21.7 Å². The summed E-state index contributed by atoms with van der Waals surface area (Å²) in [6.45, 7) is -0.662. The topological polar surface area (TPSA) is 156 Å². The van der Waals surface area contributed by atoms with Gasteiger partial charge >= 0.3 is 11.9 Å². The summed E-state index contributed by atoms with van der Waals surface area (Å²) in [6, 6.07) is -1.70. The van der Waals surface area contributed by atoms with E-state index in [1.807, 2.05) is 67.8 Å². The third-order valence-electron chi connectivity index (χ3n) is 2.60. The molecule has 8 nitrogen and oxygen atoms in total. The molecule has 0 aliphatic carbocycles. The Labute approximate surface area is 165 Å². The normalized spacial score (nSPS) is 12.0. The fourth-order valence-corrected chi connectivity index (χ4v) is 5.24. The Balaban J connectivity index is 3.37. The third kappa shape index (κ3) is 4.10. The summed E-state index contributed by atoms with van der Waals surface area (Å²) < 4.78 is 1.34. The number of aliphatic carboxylic acids is 2. The van der Waals surface area contributed by atoms with Gasteiger partial charge in [0.25, 0.3) is 0 Å². The lowest BCUT2D eigenvalue weighted by Gasteiger charge is -2.17. The Morgan fingerprint density at radius 3 is 1.82 bits per heavy atom. The number of nitrogens with one attached hydrogen (secondary N) is 1. The minimum Gasteiger partial charge on any atom is -0.480 e. The molecule has 1 aromatic carbocycles. The Bertz CT molecular complexity index is 636. The average Bonchev–Trinajstić information content (AvgIpc) is 2.42. The number of hydrogen-bond donors (Lipinski definition) is 5. The number of Topliss-reactive ketones (excluding diaryl/α,β-unsaturated/α-hetero) is 1. The van der Waals surface area contributed by atoms with Gasteiger partial charge in [-0.05, 0) is 67.8 Å². The van der Waals surface area contributed by atoms with Crippen molar-refractivity contribution >= 4 is 96.9 Å². The molecule has 0 amide bonds. The minimum atomic E-state index is -1.70. The molecule has 1 unspecified atom stereocenters. The summed E-state index contributed by atoms with van der Waals surface area (Å²) >= 11 is 5.61. The first-order valence-corrected chi connectivity index (χ1v) is 8.76. The maximum absolute atomic E-state index is 12.5. The second-order valence-corrected chi connectivity index (χ2v) is 7.29. The van der Waals surface area contributed by atoms with Crippen molar-refractivity contribution in [1.29, 1.82) is 0 Å². The van der Waals surface area contributed by atoms with Gasteiger partial charge in [0.2, 0.25) is 0 Å². The van der Waals surface area contributed by atoms with E-state index in [1.54, 1.807) is 0 Å². The monoisotopic (exact) mass is 645 g/mol. The van der Waals surface area contributed by atoms with Crippen LogP contribution in [0.5, 0.6) is 0 Å². The highest BCUT2D eigenvalue weighted by atomic mass is 127. The molecule has 0 spiro atoms. The highest BCUT2D eigenvalue weighted by Crippen LogP contribution is 2.35. The molecule has 1 atom stereocenters. The molecular formula is C11H10I3N3O5. The Kier molecular flexibility index (Phi) is 7.06. The van der Waals surface area contributed by atoms with Crippen molar-refractivity contribution in [3.05, 3.63) is 16.3 Å². The number of ketones is 1. The van der Waals surface area contributed by atoms with Gasteiger partial charge in [-0.1, -0.05) is 0 Å². The van der Waals surface area contributed by atoms with Crippen LogP contribution in [-0.2, 0) is 9.59 Å². The molecular weight excluding hydrogens is 635 g/mol. The fraction of sp³-hybridized carbons (Fsp3) is 0.182. The smallest absolute Gasteiger partial charge is 0.328 e. The summed E-state index contributed by atoms with van der Waals surface area (Å²) in [5.41, 5.74) is 12.4. The third-order valence-corrected chi connectivity index (χ3v) is 6.00. The summed E-state index contributed by atoms with van der Waals surface area (Å²) in [4.78, 5) is 34.3. The van der Waals surface area contributed by atoms with Crippen LogP contribution in [0, 0.1) is 10.7 Å². The van der Waals surface area contributed by atoms with Gasteiger partial charge < -0.3 is 21.7 Å². The highest BCUT2D eigenvalue weighted by molar-refractivity contribution is 14.1. The predicted molar refractivity (Wildman–Crippen MR) is 105 cm³/mol. The largest absolute Gasteiger partial charge is 0.480 e. The van der Waals surface area contributed by atoms with Crippen LogP contribution in [0.3, 0.4) is 0 Å². The van der Waals surface area contributed by atoms with Crippen LogP contribution in [0.25, 0.3) is 0 Å². The number of nitrogen functional groups attached to an aromatic ring is 2. The van der Waals surface area contributed by atoms with Gasteiger partial charge in [0.05, 0.1) is 27.1 Å². The number of carbonyl (C=O) groups excluding carboxylic acids is 1. The Hall–Kier alpha value is -0.420. The van der Waals surface area contributed by atoms with E-state index >= 15 is 0 Å². The molecule has 0 saturated carbocycles. The molecule has 0 aliphatic rings. The van der Waals surface area contributed by atoms with Gasteiger partial charge in [-0.25, -0.2) is 0 Å². The summed E-state index contributed by atoms with van der Waals surface area (Å²) in [6.07, 6.45) is 0. The maximum Gasteiger partial charge on any atom is 0.328 e. The molecule has 11 heteroatoms. The van der Waals surface area contributed by atoms with Crippen LogP contribution in [0.4, 0.5) is 11.4 Å². The van der Waals surface area contributed by atoms with E-state index in [9.17, 15) is 14.4 Å². The molecule has 0 fully saturated rings. The van der Waals surface area contributed by atoms with Gasteiger partial charge in [-0.15, -0.1) is 0 Å². The number of nitrogens with two attached hydrogens (primary N) is 2. The molecule has 22 heavy (non-hydrogen) atoms. The van der Waals surface area contributed by atoms with Crippen LogP contribution >= 0.6 is 67.8 Å². The number of carboxylic acids is 2. The number of rotatable bonds is 6. The first-order chi connectivity index (χ1) is 10.1. The van der Waals surface area contributed by atoms with E-state index in [-0.39, 0.29) is 16.9 Å². The van der Waals surface area contributed by atoms with Gasteiger partial charge in [0, 0.05) is 7.14 Å². The lowest BCUT2D eigenvalue weighted by atomic mass is 10.0. The lowest BCUT2D eigenvalue weighted by Crippen LogP contribution is -2.46. The van der Waals surface area contributed by atoms with Gasteiger partial charge in [-0.3, -0.25) is 19.7 Å². The quantitative estimate of drug-likeness (QED) is 0.133. The van der Waals surface area contributed by atoms with Crippen LogP contribution in [-0.4, -0.2) is 40.5 Å². The van der Waals surface area contributed by atoms with E-state index in [0.29, 0.717) is 10.7 Å². The number of anilines is 2. The standard InChI is InChI=1S/C11H10I3N3O5/c12-4-3(5(13)8(16)6(14)7(4)15)10(20)9(11(21)22)17-1-2(18)19/h9,17H,1,15-16H2,(H,18,19)(H,21,22). The van der Waals surface area contributed by atoms with E-state index < -0.39 is 30.3 Å². The zero-order valence-electron chi connectivity index (χ0n) is 10.7. The lowest BCUT2D eigenvalue weighted by molar-refractivity contribution is -0.139. The second-order valence-electron chi connectivity index (χ2n) is 4.05. The zero-order chi connectivity index (χ0) is 17.2. The molecule has 0 bridgehead atoms. The summed E-state index contributed by atoms with van der Waals surface area (Å²) in [7, 11) is 0. The molecule has 0 aliphatic heterocycles. The molecule has 7 N–H and O–H groups in total. The molecule has 1 aromatic rings. The van der Waals surface area contributed by atoms with Gasteiger partial charge in [0.15, 0.2) is 11.8 Å². The highest BCUT2D eigenvalue weighted by Gasteiger charge is 2.32. The van der Waals surface area contributed by atoms with Crippen molar-refractivity contribution in [2.45, 2.75) is 6.04 Å². The van der Waals surface area contributed by atoms with Crippen molar-refractivity contribution in [1.82, 2.24) is 5.32 Å². The first-order valence-electron chi connectivity index (χ1n) is 5.53. The molecule has 1 rings (SSSR count). The van der Waals surface area contributed by atoms with E-state index in [0.717, 1.165) is 0 Å². The molecule has 120 valence electrons. The van der Waals surface area contributed by atoms with E-state index in [2.05, 4.69) is 5.32 Å². The van der Waals surface area contributed by atoms with Crippen molar-refractivity contribution in [2.24, 2.45) is 0 Å². The molecule has 0 radical (unpaired) electrons. The number of hydrogen-bond acceptors (Lipinski definition) is 6. The Morgan fingerprint density at radius 1 is 1.00 bits per heavy atom. The first kappa shape index (κ1) is 19.6. The second kappa shape index (κ2) is 7.91. The van der Waals surface area contributed by atoms with Crippen LogP contribution < -0.4 is 16.8 Å². The number of benzene rings is 1. The van der Waals surface area contributed by atoms with Crippen molar-refractivity contribution < 1.29 is 24.6 Å². The number of carbonyl (C=O) groups is 3. The van der Waals surface area contributed by atoms with Gasteiger partial charge in [-0.2, -0.15) is 0 Å². The van der Waals surface area contributed by atoms with Crippen molar-refractivity contribution in [3.8, 4) is 0 Å². The SMILES string of the molecule is Nc1c(I)c(N)c(I)c(C(=O)C(NCC(=O)O)C(=O)O)c1I. The van der Waals surface area contributed by atoms with E-state index in [1.165, 1.54) is 0 Å². The average molecular weight is 645 g/mol. The Morgan fingerprint density at radius 2 is 1.45 bits per heavy atom. The molecule has 0 saturated heterocycles. The van der Waals surface area contributed by atoms with Crippen LogP contribution in [0.1, 0.15) is 10.4 Å². The van der Waals surface area contributed by atoms with Crippen molar-refractivity contribution in [3.63, 3.8) is 0 Å². The predicted octanol–water partition coefficient (Wildman–Crippen LogP) is 0.975. The maximum atomic E-state index is 12.5. The van der Waals surface area contributed by atoms with Crippen molar-refractivity contribution in [2.75, 3.05) is 18.0 Å². The fourth-order valence-electron chi connectivity index (χ4n) is 1.55. The van der Waals surface area contributed by atoms with Crippen LogP contribution in [0.2, 0.25) is 0 Å². The minimum absolute atomic E-state index is 0.0712. The summed E-state index contributed by atoms with van der Waals surface area (Å²) in [5, 5.41) is 20.0. The van der Waals surface area contributed by atoms with Crippen LogP contribution in [0.15, 0.2) is 0 Å². The summed E-state index contributed by atoms with van der Waals surface area (Å²) in [5.74, 6) is -3.55. The molecule has 0 heterocycles.